The van der Waals surface area contributed by atoms with E-state index >= 15 is 0 Å². The summed E-state index contributed by atoms with van der Waals surface area (Å²) in [6, 6.07) is 9.83. The van der Waals surface area contributed by atoms with Crippen molar-refractivity contribution in [1.82, 2.24) is 15.0 Å². The molecule has 0 saturated carbocycles. The standard InChI is InChI=1S/C13H10BrN3O/c1-18-9-4-2-8(3-5-9)10-6-11-13(17-10)15-7-12(14)16-11/h2-7H,1H3,(H,15,17). The molecule has 0 aliphatic carbocycles. The maximum Gasteiger partial charge on any atom is 0.156 e. The summed E-state index contributed by atoms with van der Waals surface area (Å²) in [5.74, 6) is 0.842. The lowest BCUT2D eigenvalue weighted by molar-refractivity contribution is 0.415. The summed E-state index contributed by atoms with van der Waals surface area (Å²) in [6.45, 7) is 0. The van der Waals surface area contributed by atoms with Crippen LogP contribution in [0.3, 0.4) is 0 Å². The third-order valence-electron chi connectivity index (χ3n) is 2.71. The maximum absolute atomic E-state index is 5.14. The molecule has 0 fully saturated rings. The van der Waals surface area contributed by atoms with Gasteiger partial charge in [-0.25, -0.2) is 9.97 Å². The molecule has 90 valence electrons. The molecular formula is C13H10BrN3O. The second-order valence-corrected chi connectivity index (χ2v) is 4.65. The van der Waals surface area contributed by atoms with Crippen molar-refractivity contribution in [3.8, 4) is 17.0 Å². The van der Waals surface area contributed by atoms with Crippen molar-refractivity contribution in [2.24, 2.45) is 0 Å². The van der Waals surface area contributed by atoms with E-state index in [4.69, 9.17) is 4.74 Å². The molecule has 0 radical (unpaired) electrons. The van der Waals surface area contributed by atoms with Gasteiger partial charge in [0.05, 0.1) is 13.3 Å². The third-order valence-corrected chi connectivity index (χ3v) is 3.09. The van der Waals surface area contributed by atoms with Crippen molar-refractivity contribution < 1.29 is 4.74 Å². The first-order valence-electron chi connectivity index (χ1n) is 5.42. The van der Waals surface area contributed by atoms with Crippen LogP contribution in [0.1, 0.15) is 0 Å². The minimum atomic E-state index is 0.732. The van der Waals surface area contributed by atoms with Gasteiger partial charge in [-0.15, -0.1) is 0 Å². The van der Waals surface area contributed by atoms with Crippen molar-refractivity contribution in [2.75, 3.05) is 7.11 Å². The van der Waals surface area contributed by atoms with Gasteiger partial charge in [0.25, 0.3) is 0 Å². The number of aromatic amines is 1. The number of hydrogen-bond acceptors (Lipinski definition) is 3. The number of halogens is 1. The van der Waals surface area contributed by atoms with E-state index in [-0.39, 0.29) is 0 Å². The number of benzene rings is 1. The number of fused-ring (bicyclic) bond motifs is 1. The van der Waals surface area contributed by atoms with Crippen LogP contribution in [0.15, 0.2) is 41.1 Å². The molecule has 1 N–H and O–H groups in total. The number of nitrogens with zero attached hydrogens (tertiary/aromatic N) is 2. The summed E-state index contributed by atoms with van der Waals surface area (Å²) < 4.78 is 5.87. The van der Waals surface area contributed by atoms with Crippen molar-refractivity contribution >= 4 is 27.1 Å². The van der Waals surface area contributed by atoms with E-state index in [0.29, 0.717) is 0 Å². The Hall–Kier alpha value is -1.88. The zero-order valence-corrected chi connectivity index (χ0v) is 11.2. The molecule has 0 saturated heterocycles. The minimum Gasteiger partial charge on any atom is -0.497 e. The quantitative estimate of drug-likeness (QED) is 0.789. The van der Waals surface area contributed by atoms with E-state index in [9.17, 15) is 0 Å². The number of aromatic nitrogens is 3. The van der Waals surface area contributed by atoms with Gasteiger partial charge in [0, 0.05) is 5.69 Å². The van der Waals surface area contributed by atoms with Crippen LogP contribution in [0.25, 0.3) is 22.4 Å². The smallest absolute Gasteiger partial charge is 0.156 e. The van der Waals surface area contributed by atoms with Crippen LogP contribution in [-0.2, 0) is 0 Å². The fourth-order valence-electron chi connectivity index (χ4n) is 1.80. The summed E-state index contributed by atoms with van der Waals surface area (Å²) in [6.07, 6.45) is 1.68. The SMILES string of the molecule is COc1ccc(-c2cc3nc(Br)cnc3[nH]2)cc1. The molecule has 2 heterocycles. The van der Waals surface area contributed by atoms with Gasteiger partial charge in [-0.1, -0.05) is 0 Å². The van der Waals surface area contributed by atoms with Crippen LogP contribution in [0, 0.1) is 0 Å². The number of hydrogen-bond donors (Lipinski definition) is 1. The number of H-pyrrole nitrogens is 1. The van der Waals surface area contributed by atoms with E-state index in [2.05, 4.69) is 30.9 Å². The highest BCUT2D eigenvalue weighted by atomic mass is 79.9. The van der Waals surface area contributed by atoms with Crippen LogP contribution in [0.5, 0.6) is 5.75 Å². The average molecular weight is 304 g/mol. The zero-order chi connectivity index (χ0) is 12.5. The van der Waals surface area contributed by atoms with Gasteiger partial charge in [0.1, 0.15) is 15.9 Å². The summed E-state index contributed by atoms with van der Waals surface area (Å²) in [7, 11) is 1.66. The highest BCUT2D eigenvalue weighted by molar-refractivity contribution is 9.10. The Labute approximate surface area is 112 Å². The van der Waals surface area contributed by atoms with E-state index < -0.39 is 0 Å². The van der Waals surface area contributed by atoms with Gasteiger partial charge in [-0.2, -0.15) is 0 Å². The summed E-state index contributed by atoms with van der Waals surface area (Å²) in [5.41, 5.74) is 3.69. The van der Waals surface area contributed by atoms with Gasteiger partial charge in [0.15, 0.2) is 5.65 Å². The van der Waals surface area contributed by atoms with Crippen LogP contribution in [0.4, 0.5) is 0 Å². The van der Waals surface area contributed by atoms with Gasteiger partial charge in [-0.3, -0.25) is 0 Å². The average Bonchev–Trinajstić information content (AvgIpc) is 2.81. The maximum atomic E-state index is 5.14. The van der Waals surface area contributed by atoms with Crippen LogP contribution < -0.4 is 4.74 Å². The molecular weight excluding hydrogens is 294 g/mol. The third kappa shape index (κ3) is 1.97. The molecule has 18 heavy (non-hydrogen) atoms. The van der Waals surface area contributed by atoms with Crippen molar-refractivity contribution in [1.29, 1.82) is 0 Å². The molecule has 1 aromatic carbocycles. The highest BCUT2D eigenvalue weighted by Crippen LogP contribution is 2.24. The number of rotatable bonds is 2. The number of ether oxygens (including phenoxy) is 1. The van der Waals surface area contributed by atoms with E-state index in [0.717, 1.165) is 32.8 Å². The highest BCUT2D eigenvalue weighted by Gasteiger charge is 2.05. The van der Waals surface area contributed by atoms with E-state index in [1.54, 1.807) is 13.3 Å². The van der Waals surface area contributed by atoms with Crippen molar-refractivity contribution in [2.45, 2.75) is 0 Å². The monoisotopic (exact) mass is 303 g/mol. The number of methoxy groups -OCH3 is 1. The minimum absolute atomic E-state index is 0.732. The molecule has 0 spiro atoms. The fraction of sp³-hybridized carbons (Fsp3) is 0.0769. The molecule has 0 bridgehead atoms. The summed E-state index contributed by atoms with van der Waals surface area (Å²) in [4.78, 5) is 11.9. The Bertz CT molecular complexity index is 691. The lowest BCUT2D eigenvalue weighted by atomic mass is 10.1. The molecule has 5 heteroatoms. The molecule has 0 aliphatic rings. The van der Waals surface area contributed by atoms with Gasteiger partial charge in [-0.05, 0) is 51.8 Å². The number of nitrogens with one attached hydrogen (secondary N) is 1. The predicted molar refractivity (Wildman–Crippen MR) is 73.6 cm³/mol. The van der Waals surface area contributed by atoms with Crippen LogP contribution in [-0.4, -0.2) is 22.1 Å². The first-order valence-corrected chi connectivity index (χ1v) is 6.21. The molecule has 4 nitrogen and oxygen atoms in total. The Morgan fingerprint density at radius 1 is 1.22 bits per heavy atom. The van der Waals surface area contributed by atoms with E-state index in [1.807, 2.05) is 30.3 Å². The molecule has 0 unspecified atom stereocenters. The van der Waals surface area contributed by atoms with Gasteiger partial charge in [0.2, 0.25) is 0 Å². The first-order chi connectivity index (χ1) is 8.76. The second-order valence-electron chi connectivity index (χ2n) is 3.84. The zero-order valence-electron chi connectivity index (χ0n) is 9.64. The Morgan fingerprint density at radius 3 is 2.72 bits per heavy atom. The predicted octanol–water partition coefficient (Wildman–Crippen LogP) is 3.40. The lowest BCUT2D eigenvalue weighted by Crippen LogP contribution is -1.82. The fourth-order valence-corrected chi connectivity index (χ4v) is 2.10. The Kier molecular flexibility index (Phi) is 2.76. The second kappa shape index (κ2) is 4.42. The summed E-state index contributed by atoms with van der Waals surface area (Å²) in [5, 5.41) is 0. The van der Waals surface area contributed by atoms with Gasteiger partial charge >= 0.3 is 0 Å². The molecule has 3 aromatic rings. The molecule has 0 aliphatic heterocycles. The van der Waals surface area contributed by atoms with Crippen molar-refractivity contribution in [3.63, 3.8) is 0 Å². The molecule has 0 atom stereocenters. The van der Waals surface area contributed by atoms with Gasteiger partial charge < -0.3 is 9.72 Å². The largest absolute Gasteiger partial charge is 0.497 e. The molecule has 0 amide bonds. The first kappa shape index (κ1) is 11.2. The summed E-state index contributed by atoms with van der Waals surface area (Å²) >= 11 is 3.31. The molecule has 2 aromatic heterocycles. The van der Waals surface area contributed by atoms with E-state index in [1.165, 1.54) is 0 Å². The Balaban J connectivity index is 2.07. The lowest BCUT2D eigenvalue weighted by Gasteiger charge is -2.00. The van der Waals surface area contributed by atoms with Crippen LogP contribution in [0.2, 0.25) is 0 Å². The normalized spacial score (nSPS) is 10.8. The van der Waals surface area contributed by atoms with Crippen molar-refractivity contribution in [3.05, 3.63) is 41.1 Å². The molecule has 3 rings (SSSR count). The Morgan fingerprint density at radius 2 is 2.00 bits per heavy atom. The van der Waals surface area contributed by atoms with Crippen LogP contribution >= 0.6 is 15.9 Å². The topological polar surface area (TPSA) is 50.8 Å².